The monoisotopic (exact) mass is 254 g/mol. The van der Waals surface area contributed by atoms with E-state index in [4.69, 9.17) is 4.74 Å². The number of carbonyl (C=O) groups is 3. The molecule has 0 spiro atoms. The number of nitrogens with one attached hydrogen (secondary N) is 2. The van der Waals surface area contributed by atoms with Crippen LogP contribution in [0.4, 0.5) is 0 Å². The van der Waals surface area contributed by atoms with Crippen molar-refractivity contribution < 1.29 is 19.1 Å². The molecule has 1 aliphatic heterocycles. The molecule has 6 nitrogen and oxygen atoms in total. The molecule has 2 rings (SSSR count). The number of hydrogen-bond acceptors (Lipinski definition) is 4. The zero-order valence-corrected chi connectivity index (χ0v) is 10.2. The smallest absolute Gasteiger partial charge is 0.309 e. The molecule has 2 N–H and O–H groups in total. The molecule has 1 heterocycles. The van der Waals surface area contributed by atoms with Gasteiger partial charge in [0, 0.05) is 13.0 Å². The molecule has 100 valence electrons. The fraction of sp³-hybridized carbons (Fsp3) is 0.750. The lowest BCUT2D eigenvalue weighted by Crippen LogP contribution is -2.52. The summed E-state index contributed by atoms with van der Waals surface area (Å²) in [5, 5.41) is 4.99. The molecule has 1 unspecified atom stereocenters. The van der Waals surface area contributed by atoms with E-state index in [1.165, 1.54) is 6.42 Å². The summed E-state index contributed by atoms with van der Waals surface area (Å²) in [6.45, 7) is 1.08. The lowest BCUT2D eigenvalue weighted by Gasteiger charge is -2.25. The first-order valence-corrected chi connectivity index (χ1v) is 6.36. The maximum absolute atomic E-state index is 11.5. The molecule has 1 saturated carbocycles. The first-order valence-electron chi connectivity index (χ1n) is 6.36. The average Bonchev–Trinajstić information content (AvgIpc) is 2.30. The van der Waals surface area contributed by atoms with Gasteiger partial charge in [-0.25, -0.2) is 0 Å². The van der Waals surface area contributed by atoms with Gasteiger partial charge in [0.2, 0.25) is 0 Å². The molecule has 2 fully saturated rings. The largest absolute Gasteiger partial charge is 0.378 e. The van der Waals surface area contributed by atoms with Crippen LogP contribution in [0, 0.1) is 5.92 Å². The van der Waals surface area contributed by atoms with Gasteiger partial charge in [0.25, 0.3) is 0 Å². The van der Waals surface area contributed by atoms with Crippen molar-refractivity contribution in [3.8, 4) is 0 Å². The highest BCUT2D eigenvalue weighted by Crippen LogP contribution is 2.24. The van der Waals surface area contributed by atoms with Crippen LogP contribution in [0.5, 0.6) is 0 Å². The van der Waals surface area contributed by atoms with Gasteiger partial charge in [-0.3, -0.25) is 14.4 Å². The van der Waals surface area contributed by atoms with Crippen LogP contribution in [0.2, 0.25) is 0 Å². The van der Waals surface area contributed by atoms with Crippen molar-refractivity contribution in [1.29, 1.82) is 0 Å². The Balaban J connectivity index is 1.72. The first-order chi connectivity index (χ1) is 8.66. The summed E-state index contributed by atoms with van der Waals surface area (Å²) in [5.41, 5.74) is 0. The summed E-state index contributed by atoms with van der Waals surface area (Å²) in [6.07, 6.45) is 3.70. The zero-order chi connectivity index (χ0) is 13.0. The predicted octanol–water partition coefficient (Wildman–Crippen LogP) is -0.623. The Morgan fingerprint density at radius 1 is 1.28 bits per heavy atom. The molecule has 1 aliphatic carbocycles. The van der Waals surface area contributed by atoms with Crippen LogP contribution in [-0.4, -0.2) is 43.4 Å². The highest BCUT2D eigenvalue weighted by molar-refractivity contribution is 6.35. The van der Waals surface area contributed by atoms with Crippen LogP contribution >= 0.6 is 0 Å². The summed E-state index contributed by atoms with van der Waals surface area (Å²) >= 11 is 0. The van der Waals surface area contributed by atoms with Crippen molar-refractivity contribution >= 4 is 17.6 Å². The summed E-state index contributed by atoms with van der Waals surface area (Å²) in [5.74, 6) is -0.999. The molecule has 0 aromatic rings. The fourth-order valence-electron chi connectivity index (χ4n) is 2.00. The lowest BCUT2D eigenvalue weighted by atomic mass is 9.85. The number of rotatable bonds is 3. The third kappa shape index (κ3) is 3.29. The minimum Gasteiger partial charge on any atom is -0.378 e. The van der Waals surface area contributed by atoms with Crippen molar-refractivity contribution in [1.82, 2.24) is 10.6 Å². The predicted molar refractivity (Wildman–Crippen MR) is 62.7 cm³/mol. The van der Waals surface area contributed by atoms with E-state index >= 15 is 0 Å². The van der Waals surface area contributed by atoms with Gasteiger partial charge in [-0.2, -0.15) is 0 Å². The molecule has 18 heavy (non-hydrogen) atoms. The van der Waals surface area contributed by atoms with E-state index in [2.05, 4.69) is 10.6 Å². The van der Waals surface area contributed by atoms with E-state index in [0.717, 1.165) is 12.8 Å². The summed E-state index contributed by atoms with van der Waals surface area (Å²) in [7, 11) is 0. The van der Waals surface area contributed by atoms with E-state index in [-0.39, 0.29) is 18.8 Å². The van der Waals surface area contributed by atoms with E-state index in [9.17, 15) is 14.4 Å². The normalized spacial score (nSPS) is 24.2. The molecular formula is C12H18N2O4. The van der Waals surface area contributed by atoms with Crippen molar-refractivity contribution in [2.45, 2.75) is 31.7 Å². The Morgan fingerprint density at radius 3 is 2.67 bits per heavy atom. The number of ketones is 1. The molecule has 1 saturated heterocycles. The van der Waals surface area contributed by atoms with E-state index in [0.29, 0.717) is 19.1 Å². The van der Waals surface area contributed by atoms with Crippen LogP contribution in [0.1, 0.15) is 25.7 Å². The van der Waals surface area contributed by atoms with Gasteiger partial charge < -0.3 is 15.4 Å². The maximum atomic E-state index is 11.5. The van der Waals surface area contributed by atoms with Crippen LogP contribution < -0.4 is 10.6 Å². The molecular weight excluding hydrogens is 236 g/mol. The summed E-state index contributed by atoms with van der Waals surface area (Å²) in [6, 6.07) is -0.680. The minimum atomic E-state index is -0.752. The highest BCUT2D eigenvalue weighted by Gasteiger charge is 2.27. The van der Waals surface area contributed by atoms with Crippen molar-refractivity contribution in [3.63, 3.8) is 0 Å². The Kier molecular flexibility index (Phi) is 4.30. The number of amides is 2. The van der Waals surface area contributed by atoms with Gasteiger partial charge in [0.05, 0.1) is 13.2 Å². The van der Waals surface area contributed by atoms with Crippen LogP contribution in [-0.2, 0) is 19.1 Å². The molecule has 0 bridgehead atoms. The standard InChI is InChI=1S/C12H18N2O4/c15-10-4-5-18-7-9(10)14-12(17)11(16)13-6-8-2-1-3-8/h8-9H,1-7H2,(H,13,16)(H,14,17). The van der Waals surface area contributed by atoms with Crippen molar-refractivity contribution in [3.05, 3.63) is 0 Å². The number of Topliss-reactive ketones (excluding diaryl/α,β-unsaturated/α-hetero) is 1. The number of ether oxygens (including phenoxy) is 1. The molecule has 2 aliphatic rings. The minimum absolute atomic E-state index is 0.0820. The Labute approximate surface area is 105 Å². The third-order valence-corrected chi connectivity index (χ3v) is 3.45. The molecule has 6 heteroatoms. The van der Waals surface area contributed by atoms with Crippen LogP contribution in [0.25, 0.3) is 0 Å². The molecule has 1 atom stereocenters. The first kappa shape index (κ1) is 13.0. The highest BCUT2D eigenvalue weighted by atomic mass is 16.5. The number of carbonyl (C=O) groups excluding carboxylic acids is 3. The third-order valence-electron chi connectivity index (χ3n) is 3.45. The summed E-state index contributed by atoms with van der Waals surface area (Å²) in [4.78, 5) is 34.5. The number of hydrogen-bond donors (Lipinski definition) is 2. The zero-order valence-electron chi connectivity index (χ0n) is 10.2. The lowest BCUT2D eigenvalue weighted by molar-refractivity contribution is -0.142. The topological polar surface area (TPSA) is 84.5 Å². The van der Waals surface area contributed by atoms with E-state index in [1.54, 1.807) is 0 Å². The Morgan fingerprint density at radius 2 is 2.06 bits per heavy atom. The van der Waals surface area contributed by atoms with Crippen molar-refractivity contribution in [2.75, 3.05) is 19.8 Å². The molecule has 0 aromatic heterocycles. The maximum Gasteiger partial charge on any atom is 0.309 e. The van der Waals surface area contributed by atoms with E-state index < -0.39 is 17.9 Å². The second-order valence-electron chi connectivity index (χ2n) is 4.82. The quantitative estimate of drug-likeness (QED) is 0.657. The fourth-order valence-corrected chi connectivity index (χ4v) is 2.00. The SMILES string of the molecule is O=C(NCC1CCC1)C(=O)NC1COCCC1=O. The second kappa shape index (κ2) is 5.95. The Hall–Kier alpha value is -1.43. The van der Waals surface area contributed by atoms with Gasteiger partial charge in [-0.15, -0.1) is 0 Å². The van der Waals surface area contributed by atoms with Gasteiger partial charge in [-0.1, -0.05) is 6.42 Å². The second-order valence-corrected chi connectivity index (χ2v) is 4.82. The summed E-state index contributed by atoms with van der Waals surface area (Å²) < 4.78 is 5.09. The average molecular weight is 254 g/mol. The van der Waals surface area contributed by atoms with Gasteiger partial charge >= 0.3 is 11.8 Å². The van der Waals surface area contributed by atoms with Gasteiger partial charge in [0.15, 0.2) is 5.78 Å². The molecule has 2 amide bonds. The van der Waals surface area contributed by atoms with Crippen LogP contribution in [0.15, 0.2) is 0 Å². The Bertz CT molecular complexity index is 352. The molecule has 0 aromatic carbocycles. The molecule has 0 radical (unpaired) electrons. The van der Waals surface area contributed by atoms with Gasteiger partial charge in [-0.05, 0) is 18.8 Å². The van der Waals surface area contributed by atoms with E-state index in [1.807, 2.05) is 0 Å². The van der Waals surface area contributed by atoms with Crippen molar-refractivity contribution in [2.24, 2.45) is 5.92 Å². The van der Waals surface area contributed by atoms with Crippen LogP contribution in [0.3, 0.4) is 0 Å². The van der Waals surface area contributed by atoms with Gasteiger partial charge in [0.1, 0.15) is 6.04 Å².